The fourth-order valence-electron chi connectivity index (χ4n) is 0.923. The molecule has 0 heterocycles. The van der Waals surface area contributed by atoms with Crippen molar-refractivity contribution < 1.29 is 14.6 Å². The maximum Gasteiger partial charge on any atom is 0.311 e. The van der Waals surface area contributed by atoms with Crippen LogP contribution in [0, 0.1) is 5.41 Å². The van der Waals surface area contributed by atoms with E-state index < -0.39 is 5.41 Å². The number of carbonyl (C=O) groups excluding carboxylic acids is 1. The van der Waals surface area contributed by atoms with Crippen LogP contribution in [-0.4, -0.2) is 23.8 Å². The van der Waals surface area contributed by atoms with Crippen LogP contribution in [0.4, 0.5) is 0 Å². The maximum absolute atomic E-state index is 11.3. The fourth-order valence-corrected chi connectivity index (χ4v) is 0.923. The van der Waals surface area contributed by atoms with Crippen LogP contribution in [0.5, 0.6) is 0 Å². The van der Waals surface area contributed by atoms with Gasteiger partial charge in [-0.05, 0) is 47.0 Å². The van der Waals surface area contributed by atoms with Crippen LogP contribution >= 0.6 is 0 Å². The standard InChI is InChI=1S/C11H22O3/c1-9(12)7-5-6-8-14-10(13)11(2,3)4/h9,12H,5-8H2,1-4H3. The van der Waals surface area contributed by atoms with E-state index in [2.05, 4.69) is 0 Å². The van der Waals surface area contributed by atoms with Crippen LogP contribution in [-0.2, 0) is 9.53 Å². The second-order valence-corrected chi connectivity index (χ2v) is 4.73. The largest absolute Gasteiger partial charge is 0.465 e. The number of hydrogen-bond donors (Lipinski definition) is 1. The third kappa shape index (κ3) is 6.89. The van der Waals surface area contributed by atoms with Gasteiger partial charge in [0.25, 0.3) is 0 Å². The lowest BCUT2D eigenvalue weighted by molar-refractivity contribution is -0.153. The van der Waals surface area contributed by atoms with E-state index in [-0.39, 0.29) is 12.1 Å². The van der Waals surface area contributed by atoms with E-state index in [1.54, 1.807) is 6.92 Å². The number of rotatable bonds is 5. The second-order valence-electron chi connectivity index (χ2n) is 4.73. The van der Waals surface area contributed by atoms with E-state index in [4.69, 9.17) is 9.84 Å². The van der Waals surface area contributed by atoms with Crippen LogP contribution in [0.3, 0.4) is 0 Å². The molecule has 1 N–H and O–H groups in total. The molecule has 3 heteroatoms. The summed E-state index contributed by atoms with van der Waals surface area (Å²) in [6, 6.07) is 0. The first-order chi connectivity index (χ1) is 6.34. The Morgan fingerprint density at radius 1 is 1.36 bits per heavy atom. The zero-order valence-electron chi connectivity index (χ0n) is 9.67. The highest BCUT2D eigenvalue weighted by atomic mass is 16.5. The Balaban J connectivity index is 3.42. The third-order valence-corrected chi connectivity index (χ3v) is 1.86. The summed E-state index contributed by atoms with van der Waals surface area (Å²) < 4.78 is 5.07. The molecule has 1 atom stereocenters. The molecule has 0 spiro atoms. The zero-order valence-corrected chi connectivity index (χ0v) is 9.67. The quantitative estimate of drug-likeness (QED) is 0.548. The smallest absolute Gasteiger partial charge is 0.311 e. The van der Waals surface area contributed by atoms with Crippen molar-refractivity contribution in [3.8, 4) is 0 Å². The number of aliphatic hydroxyl groups excluding tert-OH is 1. The van der Waals surface area contributed by atoms with E-state index >= 15 is 0 Å². The number of carbonyl (C=O) groups is 1. The highest BCUT2D eigenvalue weighted by molar-refractivity contribution is 5.75. The van der Waals surface area contributed by atoms with Crippen LogP contribution in [0.25, 0.3) is 0 Å². The minimum atomic E-state index is -0.412. The molecular weight excluding hydrogens is 180 g/mol. The minimum absolute atomic E-state index is 0.158. The Kier molecular flexibility index (Phi) is 5.77. The Morgan fingerprint density at radius 3 is 2.36 bits per heavy atom. The van der Waals surface area contributed by atoms with Gasteiger partial charge in [-0.3, -0.25) is 4.79 Å². The molecular formula is C11H22O3. The van der Waals surface area contributed by atoms with Crippen molar-refractivity contribution in [1.29, 1.82) is 0 Å². The van der Waals surface area contributed by atoms with Crippen molar-refractivity contribution in [1.82, 2.24) is 0 Å². The number of hydrogen-bond acceptors (Lipinski definition) is 3. The Morgan fingerprint density at radius 2 is 1.93 bits per heavy atom. The van der Waals surface area contributed by atoms with Gasteiger partial charge in [0.1, 0.15) is 0 Å². The SMILES string of the molecule is CC(O)CCCCOC(=O)C(C)(C)C. The fraction of sp³-hybridized carbons (Fsp3) is 0.909. The van der Waals surface area contributed by atoms with Crippen LogP contribution in [0.1, 0.15) is 47.0 Å². The first-order valence-corrected chi connectivity index (χ1v) is 5.19. The Bertz CT molecular complexity index is 168. The van der Waals surface area contributed by atoms with Gasteiger partial charge in [-0.1, -0.05) is 0 Å². The monoisotopic (exact) mass is 202 g/mol. The van der Waals surface area contributed by atoms with Gasteiger partial charge in [0, 0.05) is 0 Å². The summed E-state index contributed by atoms with van der Waals surface area (Å²) in [5, 5.41) is 8.98. The summed E-state index contributed by atoms with van der Waals surface area (Å²) in [5.74, 6) is -0.158. The predicted octanol–water partition coefficient (Wildman–Crippen LogP) is 2.13. The lowest BCUT2D eigenvalue weighted by Crippen LogP contribution is -2.23. The van der Waals surface area contributed by atoms with Crippen molar-refractivity contribution in [2.75, 3.05) is 6.61 Å². The molecule has 0 aliphatic rings. The van der Waals surface area contributed by atoms with Gasteiger partial charge in [0.2, 0.25) is 0 Å². The number of ether oxygens (including phenoxy) is 1. The Hall–Kier alpha value is -0.570. The van der Waals surface area contributed by atoms with Gasteiger partial charge in [0.05, 0.1) is 18.1 Å². The van der Waals surface area contributed by atoms with Crippen LogP contribution in [0.2, 0.25) is 0 Å². The molecule has 0 radical (unpaired) electrons. The third-order valence-electron chi connectivity index (χ3n) is 1.86. The average Bonchev–Trinajstić information content (AvgIpc) is 2.01. The van der Waals surface area contributed by atoms with Crippen molar-refractivity contribution in [3.05, 3.63) is 0 Å². The molecule has 0 aliphatic carbocycles. The molecule has 0 aromatic carbocycles. The van der Waals surface area contributed by atoms with E-state index in [1.807, 2.05) is 20.8 Å². The van der Waals surface area contributed by atoms with Crippen molar-refractivity contribution in [2.45, 2.75) is 53.1 Å². The van der Waals surface area contributed by atoms with Crippen LogP contribution in [0.15, 0.2) is 0 Å². The zero-order chi connectivity index (χ0) is 11.2. The molecule has 0 saturated heterocycles. The molecule has 1 unspecified atom stereocenters. The summed E-state index contributed by atoms with van der Waals surface area (Å²) in [6.45, 7) is 7.74. The lowest BCUT2D eigenvalue weighted by atomic mass is 9.97. The van der Waals surface area contributed by atoms with E-state index in [9.17, 15) is 4.79 Å². The molecule has 0 aromatic rings. The maximum atomic E-state index is 11.3. The van der Waals surface area contributed by atoms with Gasteiger partial charge in [-0.15, -0.1) is 0 Å². The Labute approximate surface area is 86.5 Å². The topological polar surface area (TPSA) is 46.5 Å². The summed E-state index contributed by atoms with van der Waals surface area (Å²) >= 11 is 0. The molecule has 3 nitrogen and oxygen atoms in total. The first kappa shape index (κ1) is 13.4. The summed E-state index contributed by atoms with van der Waals surface area (Å²) in [4.78, 5) is 11.3. The predicted molar refractivity (Wildman–Crippen MR) is 55.9 cm³/mol. The molecule has 84 valence electrons. The van der Waals surface area contributed by atoms with Crippen molar-refractivity contribution in [2.24, 2.45) is 5.41 Å². The number of aliphatic hydroxyl groups is 1. The molecule has 0 rings (SSSR count). The highest BCUT2D eigenvalue weighted by Crippen LogP contribution is 2.15. The van der Waals surface area contributed by atoms with E-state index in [1.165, 1.54) is 0 Å². The summed E-state index contributed by atoms with van der Waals surface area (Å²) in [6.07, 6.45) is 2.24. The average molecular weight is 202 g/mol. The summed E-state index contributed by atoms with van der Waals surface area (Å²) in [5.41, 5.74) is -0.412. The molecule has 0 aliphatic heterocycles. The second kappa shape index (κ2) is 6.02. The lowest BCUT2D eigenvalue weighted by Gasteiger charge is -2.16. The molecule has 0 amide bonds. The molecule has 0 aromatic heterocycles. The van der Waals surface area contributed by atoms with Crippen molar-refractivity contribution in [3.63, 3.8) is 0 Å². The highest BCUT2D eigenvalue weighted by Gasteiger charge is 2.22. The van der Waals surface area contributed by atoms with Gasteiger partial charge in [-0.2, -0.15) is 0 Å². The van der Waals surface area contributed by atoms with E-state index in [0.29, 0.717) is 6.61 Å². The molecule has 14 heavy (non-hydrogen) atoms. The first-order valence-electron chi connectivity index (χ1n) is 5.19. The molecule has 0 bridgehead atoms. The number of unbranched alkanes of at least 4 members (excludes halogenated alkanes) is 1. The summed E-state index contributed by atoms with van der Waals surface area (Å²) in [7, 11) is 0. The normalized spacial score (nSPS) is 13.8. The van der Waals surface area contributed by atoms with Crippen molar-refractivity contribution >= 4 is 5.97 Å². The molecule has 0 saturated carbocycles. The van der Waals surface area contributed by atoms with Gasteiger partial charge >= 0.3 is 5.97 Å². The van der Waals surface area contributed by atoms with E-state index in [0.717, 1.165) is 19.3 Å². The number of esters is 1. The van der Waals surface area contributed by atoms with Gasteiger partial charge in [0.15, 0.2) is 0 Å². The minimum Gasteiger partial charge on any atom is -0.465 e. The van der Waals surface area contributed by atoms with Gasteiger partial charge in [-0.25, -0.2) is 0 Å². The molecule has 0 fully saturated rings. The van der Waals surface area contributed by atoms with Gasteiger partial charge < -0.3 is 9.84 Å². The van der Waals surface area contributed by atoms with Crippen LogP contribution < -0.4 is 0 Å².